The number of thioether (sulfide) groups is 1. The minimum Gasteiger partial charge on any atom is -0.490 e. The lowest BCUT2D eigenvalue weighted by molar-refractivity contribution is -0.137. The Morgan fingerprint density at radius 3 is 2.31 bits per heavy atom. The van der Waals surface area contributed by atoms with Crippen LogP contribution in [0.4, 0.5) is 13.2 Å². The van der Waals surface area contributed by atoms with Gasteiger partial charge in [-0.05, 0) is 38.3 Å². The molecule has 0 radical (unpaired) electrons. The maximum absolute atomic E-state index is 12.4. The molecular weight excluding hydrogens is 237 g/mol. The average Bonchev–Trinajstić information content (AvgIpc) is 2.15. The summed E-state index contributed by atoms with van der Waals surface area (Å²) in [6.07, 6.45) is -2.63. The van der Waals surface area contributed by atoms with Crippen LogP contribution < -0.4 is 4.74 Å². The first-order valence-electron chi connectivity index (χ1n) is 4.76. The van der Waals surface area contributed by atoms with Crippen LogP contribution in [0.3, 0.4) is 0 Å². The van der Waals surface area contributed by atoms with Crippen molar-refractivity contribution in [3.63, 3.8) is 0 Å². The van der Waals surface area contributed by atoms with E-state index in [1.165, 1.54) is 17.8 Å². The molecule has 0 unspecified atom stereocenters. The van der Waals surface area contributed by atoms with E-state index in [1.54, 1.807) is 6.26 Å². The van der Waals surface area contributed by atoms with Gasteiger partial charge in [0.1, 0.15) is 5.75 Å². The fourth-order valence-electron chi connectivity index (χ4n) is 1.20. The standard InChI is InChI=1S/C11H13F3OS/c1-7(2)15-9-5-4-8(11(12,13)14)6-10(9)16-3/h4-7H,1-3H3. The zero-order valence-corrected chi connectivity index (χ0v) is 10.1. The molecule has 0 aliphatic heterocycles. The first-order valence-corrected chi connectivity index (χ1v) is 5.99. The second-order valence-corrected chi connectivity index (χ2v) is 4.38. The fourth-order valence-corrected chi connectivity index (χ4v) is 1.76. The van der Waals surface area contributed by atoms with Gasteiger partial charge in [0.05, 0.1) is 11.7 Å². The van der Waals surface area contributed by atoms with Crippen molar-refractivity contribution >= 4 is 11.8 Å². The molecule has 1 rings (SSSR count). The number of benzene rings is 1. The predicted molar refractivity (Wildman–Crippen MR) is 59.0 cm³/mol. The Bertz CT molecular complexity index is 361. The van der Waals surface area contributed by atoms with Crippen LogP contribution in [0.25, 0.3) is 0 Å². The SMILES string of the molecule is CSc1cc(C(F)(F)F)ccc1OC(C)C. The molecule has 1 aromatic carbocycles. The lowest BCUT2D eigenvalue weighted by Gasteiger charge is -2.15. The zero-order valence-electron chi connectivity index (χ0n) is 9.26. The van der Waals surface area contributed by atoms with Gasteiger partial charge in [-0.25, -0.2) is 0 Å². The number of alkyl halides is 3. The van der Waals surface area contributed by atoms with Crippen molar-refractivity contribution in [3.05, 3.63) is 23.8 Å². The van der Waals surface area contributed by atoms with E-state index in [4.69, 9.17) is 4.74 Å². The quantitative estimate of drug-likeness (QED) is 0.743. The maximum atomic E-state index is 12.4. The third-order valence-electron chi connectivity index (χ3n) is 1.85. The van der Waals surface area contributed by atoms with Crippen molar-refractivity contribution in [1.29, 1.82) is 0 Å². The summed E-state index contributed by atoms with van der Waals surface area (Å²) in [5, 5.41) is 0. The Hall–Kier alpha value is -0.840. The summed E-state index contributed by atoms with van der Waals surface area (Å²) in [6.45, 7) is 3.67. The van der Waals surface area contributed by atoms with E-state index in [9.17, 15) is 13.2 Å². The molecule has 0 spiro atoms. The number of ether oxygens (including phenoxy) is 1. The number of hydrogen-bond donors (Lipinski definition) is 0. The van der Waals surface area contributed by atoms with Crippen molar-refractivity contribution in [2.75, 3.05) is 6.26 Å². The van der Waals surface area contributed by atoms with Crippen molar-refractivity contribution in [1.82, 2.24) is 0 Å². The van der Waals surface area contributed by atoms with Gasteiger partial charge in [-0.2, -0.15) is 13.2 Å². The lowest BCUT2D eigenvalue weighted by atomic mass is 10.2. The summed E-state index contributed by atoms with van der Waals surface area (Å²) in [5.74, 6) is 0.496. The Balaban J connectivity index is 3.07. The van der Waals surface area contributed by atoms with Gasteiger partial charge in [-0.1, -0.05) is 0 Å². The highest BCUT2D eigenvalue weighted by molar-refractivity contribution is 7.98. The molecule has 5 heteroatoms. The van der Waals surface area contributed by atoms with Crippen molar-refractivity contribution in [2.45, 2.75) is 31.0 Å². The van der Waals surface area contributed by atoms with Crippen LogP contribution >= 0.6 is 11.8 Å². The molecule has 0 amide bonds. The molecule has 16 heavy (non-hydrogen) atoms. The van der Waals surface area contributed by atoms with E-state index in [2.05, 4.69) is 0 Å². The molecular formula is C11H13F3OS. The summed E-state index contributed by atoms with van der Waals surface area (Å²) in [4.78, 5) is 0.503. The van der Waals surface area contributed by atoms with Crippen molar-refractivity contribution < 1.29 is 17.9 Å². The van der Waals surface area contributed by atoms with Crippen LogP contribution in [0.2, 0.25) is 0 Å². The Labute approximate surface area is 97.0 Å². The average molecular weight is 250 g/mol. The predicted octanol–water partition coefficient (Wildman–Crippen LogP) is 4.21. The number of halogens is 3. The molecule has 0 aliphatic rings. The van der Waals surface area contributed by atoms with Crippen LogP contribution in [0, 0.1) is 0 Å². The van der Waals surface area contributed by atoms with E-state index >= 15 is 0 Å². The minimum atomic E-state index is -4.30. The van der Waals surface area contributed by atoms with Gasteiger partial charge >= 0.3 is 6.18 Å². The molecule has 0 atom stereocenters. The monoisotopic (exact) mass is 250 g/mol. The van der Waals surface area contributed by atoms with E-state index in [0.29, 0.717) is 10.6 Å². The van der Waals surface area contributed by atoms with Gasteiger partial charge in [0.2, 0.25) is 0 Å². The highest BCUT2D eigenvalue weighted by Gasteiger charge is 2.31. The van der Waals surface area contributed by atoms with E-state index < -0.39 is 11.7 Å². The zero-order chi connectivity index (χ0) is 12.3. The number of hydrogen-bond acceptors (Lipinski definition) is 2. The molecule has 0 aromatic heterocycles. The van der Waals surface area contributed by atoms with Crippen LogP contribution in [0.5, 0.6) is 5.75 Å². The van der Waals surface area contributed by atoms with E-state index in [0.717, 1.165) is 12.1 Å². The van der Waals surface area contributed by atoms with Crippen LogP contribution in [0.1, 0.15) is 19.4 Å². The van der Waals surface area contributed by atoms with E-state index in [1.807, 2.05) is 13.8 Å². The second kappa shape index (κ2) is 4.99. The number of rotatable bonds is 3. The summed E-state index contributed by atoms with van der Waals surface area (Å²) in [5.41, 5.74) is -0.645. The molecule has 90 valence electrons. The molecule has 0 aliphatic carbocycles. The summed E-state index contributed by atoms with van der Waals surface area (Å²) < 4.78 is 42.8. The molecule has 0 bridgehead atoms. The molecule has 0 fully saturated rings. The molecule has 0 N–H and O–H groups in total. The van der Waals surface area contributed by atoms with E-state index in [-0.39, 0.29) is 6.10 Å². The highest BCUT2D eigenvalue weighted by Crippen LogP contribution is 2.36. The minimum absolute atomic E-state index is 0.0531. The molecule has 1 nitrogen and oxygen atoms in total. The topological polar surface area (TPSA) is 9.23 Å². The highest BCUT2D eigenvalue weighted by atomic mass is 32.2. The van der Waals surface area contributed by atoms with Crippen molar-refractivity contribution in [3.8, 4) is 5.75 Å². The normalized spacial score (nSPS) is 11.9. The van der Waals surface area contributed by atoms with Crippen LogP contribution in [-0.2, 0) is 6.18 Å². The molecule has 1 aromatic rings. The van der Waals surface area contributed by atoms with Gasteiger partial charge in [-0.3, -0.25) is 0 Å². The Morgan fingerprint density at radius 1 is 1.25 bits per heavy atom. The molecule has 0 saturated heterocycles. The maximum Gasteiger partial charge on any atom is 0.416 e. The molecule has 0 heterocycles. The van der Waals surface area contributed by atoms with Gasteiger partial charge in [-0.15, -0.1) is 11.8 Å². The fraction of sp³-hybridized carbons (Fsp3) is 0.455. The Morgan fingerprint density at radius 2 is 1.88 bits per heavy atom. The Kier molecular flexibility index (Phi) is 4.13. The largest absolute Gasteiger partial charge is 0.490 e. The first kappa shape index (κ1) is 13.2. The van der Waals surface area contributed by atoms with Crippen LogP contribution in [0.15, 0.2) is 23.1 Å². The van der Waals surface area contributed by atoms with Crippen LogP contribution in [-0.4, -0.2) is 12.4 Å². The molecule has 0 saturated carbocycles. The first-order chi connectivity index (χ1) is 7.34. The van der Waals surface area contributed by atoms with Gasteiger partial charge < -0.3 is 4.74 Å². The summed E-state index contributed by atoms with van der Waals surface area (Å²) in [7, 11) is 0. The smallest absolute Gasteiger partial charge is 0.416 e. The third kappa shape index (κ3) is 3.33. The third-order valence-corrected chi connectivity index (χ3v) is 2.61. The van der Waals surface area contributed by atoms with Gasteiger partial charge in [0.15, 0.2) is 0 Å². The van der Waals surface area contributed by atoms with Gasteiger partial charge in [0, 0.05) is 4.90 Å². The lowest BCUT2D eigenvalue weighted by Crippen LogP contribution is -2.08. The summed E-state index contributed by atoms with van der Waals surface area (Å²) >= 11 is 1.24. The summed E-state index contributed by atoms with van der Waals surface area (Å²) in [6, 6.07) is 3.52. The second-order valence-electron chi connectivity index (χ2n) is 3.53. The van der Waals surface area contributed by atoms with Gasteiger partial charge in [0.25, 0.3) is 0 Å². The van der Waals surface area contributed by atoms with Crippen molar-refractivity contribution in [2.24, 2.45) is 0 Å².